The van der Waals surface area contributed by atoms with E-state index < -0.39 is 15.6 Å². The van der Waals surface area contributed by atoms with E-state index in [9.17, 15) is 13.5 Å². The number of terminal acetylenes is 1. The average molecular weight is 281 g/mol. The Balaban J connectivity index is 3.29. The van der Waals surface area contributed by atoms with Gasteiger partial charge in [-0.2, -0.15) is 4.31 Å². The Hall–Kier alpha value is -1.35. The molecule has 0 aliphatic carbocycles. The van der Waals surface area contributed by atoms with Crippen molar-refractivity contribution in [2.75, 3.05) is 13.2 Å². The molecule has 0 aliphatic heterocycles. The minimum Gasteiger partial charge on any atom is -0.394 e. The molecule has 4 nitrogen and oxygen atoms in total. The van der Waals surface area contributed by atoms with Gasteiger partial charge in [-0.25, -0.2) is 8.42 Å². The van der Waals surface area contributed by atoms with Gasteiger partial charge < -0.3 is 5.11 Å². The van der Waals surface area contributed by atoms with Crippen LogP contribution in [0.1, 0.15) is 19.4 Å². The number of sulfonamides is 1. The molecule has 1 aromatic rings. The number of aryl methyl sites for hydroxylation is 1. The molecule has 0 unspecified atom stereocenters. The van der Waals surface area contributed by atoms with Crippen molar-refractivity contribution < 1.29 is 13.5 Å². The van der Waals surface area contributed by atoms with Crippen LogP contribution < -0.4 is 0 Å². The van der Waals surface area contributed by atoms with Gasteiger partial charge in [-0.15, -0.1) is 6.42 Å². The highest BCUT2D eigenvalue weighted by atomic mass is 32.2. The standard InChI is InChI=1S/C14H19NO3S/c1-5-10-15(14(3,4)11-16)19(17,18)13-8-6-12(2)7-9-13/h1,6-9,16H,10-11H2,2-4H3. The minimum absolute atomic E-state index is 0.0796. The zero-order valence-electron chi connectivity index (χ0n) is 11.4. The molecule has 0 saturated heterocycles. The van der Waals surface area contributed by atoms with E-state index in [2.05, 4.69) is 5.92 Å². The SMILES string of the molecule is C#CCN(C(C)(C)CO)S(=O)(=O)c1ccc(C)cc1. The van der Waals surface area contributed by atoms with Gasteiger partial charge in [-0.1, -0.05) is 23.6 Å². The molecule has 0 amide bonds. The van der Waals surface area contributed by atoms with Crippen LogP contribution in [-0.4, -0.2) is 36.5 Å². The van der Waals surface area contributed by atoms with Crippen molar-refractivity contribution in [3.63, 3.8) is 0 Å². The maximum absolute atomic E-state index is 12.6. The topological polar surface area (TPSA) is 57.6 Å². The van der Waals surface area contributed by atoms with Crippen LogP contribution >= 0.6 is 0 Å². The molecule has 0 bridgehead atoms. The van der Waals surface area contributed by atoms with Crippen molar-refractivity contribution in [3.8, 4) is 12.3 Å². The molecule has 0 spiro atoms. The Labute approximate surface area is 115 Å². The van der Waals surface area contributed by atoms with E-state index in [1.165, 1.54) is 0 Å². The largest absolute Gasteiger partial charge is 0.394 e. The van der Waals surface area contributed by atoms with Crippen LogP contribution in [0.25, 0.3) is 0 Å². The van der Waals surface area contributed by atoms with Crippen LogP contribution in [0, 0.1) is 19.3 Å². The van der Waals surface area contributed by atoms with Crippen LogP contribution in [0.5, 0.6) is 0 Å². The summed E-state index contributed by atoms with van der Waals surface area (Å²) in [6, 6.07) is 6.54. The van der Waals surface area contributed by atoms with Gasteiger partial charge in [0.15, 0.2) is 0 Å². The summed E-state index contributed by atoms with van der Waals surface area (Å²) in [7, 11) is -3.72. The molecule has 0 aliphatic rings. The second-order valence-corrected chi connectivity index (χ2v) is 6.86. The van der Waals surface area contributed by atoms with E-state index in [1.54, 1.807) is 38.1 Å². The van der Waals surface area contributed by atoms with Gasteiger partial charge in [-0.3, -0.25) is 0 Å². The fraction of sp³-hybridized carbons (Fsp3) is 0.429. The fourth-order valence-electron chi connectivity index (χ4n) is 1.62. The number of rotatable bonds is 5. The normalized spacial score (nSPS) is 12.4. The number of benzene rings is 1. The van der Waals surface area contributed by atoms with E-state index in [1.807, 2.05) is 6.92 Å². The average Bonchev–Trinajstić information content (AvgIpc) is 2.36. The maximum atomic E-state index is 12.6. The van der Waals surface area contributed by atoms with E-state index in [-0.39, 0.29) is 18.0 Å². The Bertz CT molecular complexity index is 568. The van der Waals surface area contributed by atoms with E-state index in [4.69, 9.17) is 6.42 Å². The third-order valence-electron chi connectivity index (χ3n) is 2.91. The summed E-state index contributed by atoms with van der Waals surface area (Å²) >= 11 is 0. The Morgan fingerprint density at radius 2 is 1.84 bits per heavy atom. The first-order valence-corrected chi connectivity index (χ1v) is 7.33. The van der Waals surface area contributed by atoms with Crippen molar-refractivity contribution >= 4 is 10.0 Å². The lowest BCUT2D eigenvalue weighted by molar-refractivity contribution is 0.130. The molecule has 0 fully saturated rings. The summed E-state index contributed by atoms with van der Waals surface area (Å²) in [5.41, 5.74) is 0.0275. The Morgan fingerprint density at radius 1 is 1.32 bits per heavy atom. The highest BCUT2D eigenvalue weighted by Crippen LogP contribution is 2.24. The van der Waals surface area contributed by atoms with Crippen LogP contribution in [-0.2, 0) is 10.0 Å². The summed E-state index contributed by atoms with van der Waals surface area (Å²) in [4.78, 5) is 0.176. The van der Waals surface area contributed by atoms with Gasteiger partial charge in [0.1, 0.15) is 0 Å². The van der Waals surface area contributed by atoms with Gasteiger partial charge in [0.2, 0.25) is 10.0 Å². The van der Waals surface area contributed by atoms with Crippen LogP contribution in [0.2, 0.25) is 0 Å². The van der Waals surface area contributed by atoms with Crippen LogP contribution in [0.4, 0.5) is 0 Å². The van der Waals surface area contributed by atoms with Gasteiger partial charge in [-0.05, 0) is 32.9 Å². The van der Waals surface area contributed by atoms with Crippen molar-refractivity contribution in [1.82, 2.24) is 4.31 Å². The second kappa shape index (κ2) is 5.74. The summed E-state index contributed by atoms with van der Waals surface area (Å²) in [5.74, 6) is 2.33. The van der Waals surface area contributed by atoms with Gasteiger partial charge in [0.05, 0.1) is 23.6 Å². The molecule has 0 aromatic heterocycles. The van der Waals surface area contributed by atoms with Crippen molar-refractivity contribution in [2.45, 2.75) is 31.2 Å². The summed E-state index contributed by atoms with van der Waals surface area (Å²) in [5, 5.41) is 9.37. The number of hydrogen-bond donors (Lipinski definition) is 1. The molecule has 0 heterocycles. The van der Waals surface area contributed by atoms with Crippen molar-refractivity contribution in [1.29, 1.82) is 0 Å². The molecule has 1 aromatic carbocycles. The molecule has 0 atom stereocenters. The Kier molecular flexibility index (Phi) is 4.75. The van der Waals surface area contributed by atoms with Crippen molar-refractivity contribution in [3.05, 3.63) is 29.8 Å². The maximum Gasteiger partial charge on any atom is 0.244 e. The lowest BCUT2D eigenvalue weighted by Gasteiger charge is -2.34. The van der Waals surface area contributed by atoms with Gasteiger partial charge in [0, 0.05) is 0 Å². The fourth-order valence-corrected chi connectivity index (χ4v) is 3.31. The zero-order valence-corrected chi connectivity index (χ0v) is 12.2. The van der Waals surface area contributed by atoms with Gasteiger partial charge >= 0.3 is 0 Å². The first kappa shape index (κ1) is 15.7. The lowest BCUT2D eigenvalue weighted by Crippen LogP contribution is -2.50. The molecule has 1 N–H and O–H groups in total. The first-order valence-electron chi connectivity index (χ1n) is 5.89. The van der Waals surface area contributed by atoms with E-state index >= 15 is 0 Å². The Morgan fingerprint density at radius 3 is 2.26 bits per heavy atom. The van der Waals surface area contributed by atoms with Gasteiger partial charge in [0.25, 0.3) is 0 Å². The smallest absolute Gasteiger partial charge is 0.244 e. The number of hydrogen-bond acceptors (Lipinski definition) is 3. The second-order valence-electron chi connectivity index (χ2n) is 5.00. The minimum atomic E-state index is -3.72. The third-order valence-corrected chi connectivity index (χ3v) is 4.98. The summed E-state index contributed by atoms with van der Waals surface area (Å²) < 4.78 is 26.3. The first-order chi connectivity index (χ1) is 8.75. The molecular weight excluding hydrogens is 262 g/mol. The highest BCUT2D eigenvalue weighted by molar-refractivity contribution is 7.89. The number of aliphatic hydroxyl groups excluding tert-OH is 1. The van der Waals surface area contributed by atoms with Crippen LogP contribution in [0.3, 0.4) is 0 Å². The predicted molar refractivity (Wildman–Crippen MR) is 75.1 cm³/mol. The molecule has 0 radical (unpaired) electrons. The molecular formula is C14H19NO3S. The number of nitrogens with zero attached hydrogens (tertiary/aromatic N) is 1. The predicted octanol–water partition coefficient (Wildman–Crippen LogP) is 1.39. The van der Waals surface area contributed by atoms with Crippen molar-refractivity contribution in [2.24, 2.45) is 0 Å². The quantitative estimate of drug-likeness (QED) is 0.830. The molecule has 19 heavy (non-hydrogen) atoms. The summed E-state index contributed by atoms with van der Waals surface area (Å²) in [6.07, 6.45) is 5.24. The highest BCUT2D eigenvalue weighted by Gasteiger charge is 2.36. The van der Waals surface area contributed by atoms with E-state index in [0.29, 0.717) is 0 Å². The van der Waals surface area contributed by atoms with Crippen LogP contribution in [0.15, 0.2) is 29.2 Å². The summed E-state index contributed by atoms with van der Waals surface area (Å²) in [6.45, 7) is 4.77. The zero-order chi connectivity index (χ0) is 14.7. The molecule has 104 valence electrons. The monoisotopic (exact) mass is 281 g/mol. The van der Waals surface area contributed by atoms with E-state index in [0.717, 1.165) is 9.87 Å². The molecule has 1 rings (SSSR count). The molecule has 0 saturated carbocycles. The molecule has 5 heteroatoms. The third kappa shape index (κ3) is 3.35. The number of aliphatic hydroxyl groups is 1. The lowest BCUT2D eigenvalue weighted by atomic mass is 10.1.